The molecule has 1 rings (SSSR count). The van der Waals surface area contributed by atoms with Gasteiger partial charge in [0.15, 0.2) is 6.10 Å². The minimum Gasteiger partial charge on any atom is -0.481 e. The Balaban J connectivity index is 2.67. The second-order valence-electron chi connectivity index (χ2n) is 5.85. The fourth-order valence-electron chi connectivity index (χ4n) is 2.35. The number of ether oxygens (including phenoxy) is 1. The molecule has 3 heteroatoms. The molecule has 1 amide bonds. The molecule has 0 spiro atoms. The molecule has 0 fully saturated rings. The molecule has 3 nitrogen and oxygen atoms in total. The van der Waals surface area contributed by atoms with Crippen LogP contribution < -0.4 is 10.1 Å². The molecule has 0 aliphatic heterocycles. The van der Waals surface area contributed by atoms with Gasteiger partial charge in [0.1, 0.15) is 5.75 Å². The topological polar surface area (TPSA) is 38.3 Å². The predicted octanol–water partition coefficient (Wildman–Crippen LogP) is 3.64. The zero-order valence-corrected chi connectivity index (χ0v) is 13.2. The van der Waals surface area contributed by atoms with Crippen molar-refractivity contribution in [2.24, 2.45) is 11.8 Å². The molecule has 1 N–H and O–H groups in total. The number of carbonyl (C=O) groups is 1. The molecule has 0 aromatic heterocycles. The molecule has 0 aliphatic carbocycles. The zero-order chi connectivity index (χ0) is 15.1. The van der Waals surface area contributed by atoms with Gasteiger partial charge in [0.25, 0.3) is 5.91 Å². The second-order valence-corrected chi connectivity index (χ2v) is 5.85. The van der Waals surface area contributed by atoms with Crippen LogP contribution in [0.4, 0.5) is 0 Å². The van der Waals surface area contributed by atoms with E-state index in [0.717, 1.165) is 5.75 Å². The van der Waals surface area contributed by atoms with Gasteiger partial charge in [0.2, 0.25) is 0 Å². The van der Waals surface area contributed by atoms with E-state index in [4.69, 9.17) is 4.74 Å². The Morgan fingerprint density at radius 1 is 1.10 bits per heavy atom. The Kier molecular flexibility index (Phi) is 6.56. The summed E-state index contributed by atoms with van der Waals surface area (Å²) in [5.74, 6) is 1.53. The Hall–Kier alpha value is -1.51. The summed E-state index contributed by atoms with van der Waals surface area (Å²) in [5, 5.41) is 3.12. The highest BCUT2D eigenvalue weighted by Crippen LogP contribution is 2.15. The highest BCUT2D eigenvalue weighted by atomic mass is 16.5. The van der Waals surface area contributed by atoms with Crippen LogP contribution in [0.2, 0.25) is 0 Å². The molecule has 1 atom stereocenters. The first-order valence-electron chi connectivity index (χ1n) is 7.47. The number of benzene rings is 1. The van der Waals surface area contributed by atoms with Crippen LogP contribution in [-0.2, 0) is 4.79 Å². The van der Waals surface area contributed by atoms with Gasteiger partial charge in [-0.05, 0) is 30.4 Å². The molecule has 0 heterocycles. The third kappa shape index (κ3) is 4.87. The van der Waals surface area contributed by atoms with Crippen LogP contribution in [0.5, 0.6) is 5.75 Å². The second kappa shape index (κ2) is 7.93. The molecular formula is C17H27NO2. The summed E-state index contributed by atoms with van der Waals surface area (Å²) in [7, 11) is 0. The van der Waals surface area contributed by atoms with E-state index in [1.165, 1.54) is 0 Å². The number of hydrogen-bond donors (Lipinski definition) is 1. The molecule has 0 aliphatic rings. The number of para-hydroxylation sites is 1. The lowest BCUT2D eigenvalue weighted by atomic mass is 9.93. The van der Waals surface area contributed by atoms with E-state index in [-0.39, 0.29) is 11.9 Å². The monoisotopic (exact) mass is 277 g/mol. The quantitative estimate of drug-likeness (QED) is 0.826. The van der Waals surface area contributed by atoms with Crippen molar-refractivity contribution in [3.05, 3.63) is 30.3 Å². The lowest BCUT2D eigenvalue weighted by Gasteiger charge is -2.28. The molecular weight excluding hydrogens is 250 g/mol. The molecule has 1 aromatic rings. The van der Waals surface area contributed by atoms with Gasteiger partial charge in [0, 0.05) is 6.04 Å². The molecule has 0 saturated carbocycles. The first kappa shape index (κ1) is 16.5. The predicted molar refractivity (Wildman–Crippen MR) is 82.8 cm³/mol. The van der Waals surface area contributed by atoms with Gasteiger partial charge >= 0.3 is 0 Å². The lowest BCUT2D eigenvalue weighted by Crippen LogP contribution is -2.48. The van der Waals surface area contributed by atoms with Crippen LogP contribution in [0.15, 0.2) is 30.3 Å². The molecule has 20 heavy (non-hydrogen) atoms. The highest BCUT2D eigenvalue weighted by molar-refractivity contribution is 5.81. The van der Waals surface area contributed by atoms with Gasteiger partial charge < -0.3 is 10.1 Å². The summed E-state index contributed by atoms with van der Waals surface area (Å²) in [6.45, 7) is 10.5. The minimum atomic E-state index is -0.433. The Bertz CT molecular complexity index is 393. The summed E-state index contributed by atoms with van der Waals surface area (Å²) in [6.07, 6.45) is 0.223. The maximum absolute atomic E-state index is 12.4. The van der Waals surface area contributed by atoms with E-state index in [9.17, 15) is 4.79 Å². The van der Waals surface area contributed by atoms with Gasteiger partial charge in [-0.25, -0.2) is 0 Å². The molecule has 0 saturated heterocycles. The summed E-state index contributed by atoms with van der Waals surface area (Å²) >= 11 is 0. The van der Waals surface area contributed by atoms with Crippen LogP contribution >= 0.6 is 0 Å². The van der Waals surface area contributed by atoms with Crippen molar-refractivity contribution in [2.45, 2.75) is 53.2 Å². The van der Waals surface area contributed by atoms with Crippen LogP contribution in [0, 0.1) is 11.8 Å². The Labute approximate surface area is 122 Å². The van der Waals surface area contributed by atoms with E-state index >= 15 is 0 Å². The molecule has 1 unspecified atom stereocenters. The molecule has 112 valence electrons. The lowest BCUT2D eigenvalue weighted by molar-refractivity contribution is -0.129. The van der Waals surface area contributed by atoms with Crippen molar-refractivity contribution in [3.8, 4) is 5.75 Å². The largest absolute Gasteiger partial charge is 0.481 e. The maximum atomic E-state index is 12.4. The minimum absolute atomic E-state index is 0.0243. The Morgan fingerprint density at radius 3 is 2.10 bits per heavy atom. The summed E-state index contributed by atoms with van der Waals surface area (Å²) in [4.78, 5) is 12.4. The van der Waals surface area contributed by atoms with E-state index in [0.29, 0.717) is 18.3 Å². The van der Waals surface area contributed by atoms with Crippen LogP contribution in [0.3, 0.4) is 0 Å². The smallest absolute Gasteiger partial charge is 0.261 e. The number of nitrogens with one attached hydrogen (secondary N) is 1. The maximum Gasteiger partial charge on any atom is 0.261 e. The van der Waals surface area contributed by atoms with Crippen molar-refractivity contribution in [1.82, 2.24) is 5.32 Å². The van der Waals surface area contributed by atoms with E-state index in [1.807, 2.05) is 37.3 Å². The van der Waals surface area contributed by atoms with Gasteiger partial charge in [-0.1, -0.05) is 52.8 Å². The van der Waals surface area contributed by atoms with Crippen molar-refractivity contribution < 1.29 is 9.53 Å². The normalized spacial score (nSPS) is 12.8. The molecule has 0 bridgehead atoms. The average Bonchev–Trinajstić information content (AvgIpc) is 2.42. The van der Waals surface area contributed by atoms with Crippen LogP contribution in [0.1, 0.15) is 41.0 Å². The molecule has 0 radical (unpaired) electrons. The zero-order valence-electron chi connectivity index (χ0n) is 13.2. The van der Waals surface area contributed by atoms with Crippen molar-refractivity contribution in [1.29, 1.82) is 0 Å². The average molecular weight is 277 g/mol. The fourth-order valence-corrected chi connectivity index (χ4v) is 2.35. The number of carbonyl (C=O) groups excluding carboxylic acids is 1. The van der Waals surface area contributed by atoms with E-state index < -0.39 is 6.10 Å². The fraction of sp³-hybridized carbons (Fsp3) is 0.588. The number of amides is 1. The van der Waals surface area contributed by atoms with Crippen molar-refractivity contribution in [2.75, 3.05) is 0 Å². The standard InChI is InChI=1S/C17H27NO2/c1-6-15(20-14-10-8-7-9-11-14)17(19)18-16(12(2)3)13(4)5/h7-13,15-16H,6H2,1-5H3,(H,18,19). The van der Waals surface area contributed by atoms with Crippen molar-refractivity contribution in [3.63, 3.8) is 0 Å². The van der Waals surface area contributed by atoms with Gasteiger partial charge in [-0.2, -0.15) is 0 Å². The SMILES string of the molecule is CCC(Oc1ccccc1)C(=O)NC(C(C)C)C(C)C. The highest BCUT2D eigenvalue weighted by Gasteiger charge is 2.25. The summed E-state index contributed by atoms with van der Waals surface area (Å²) < 4.78 is 5.77. The molecule has 1 aromatic carbocycles. The van der Waals surface area contributed by atoms with Gasteiger partial charge in [0.05, 0.1) is 0 Å². The van der Waals surface area contributed by atoms with Crippen molar-refractivity contribution >= 4 is 5.91 Å². The van der Waals surface area contributed by atoms with Crippen LogP contribution in [-0.4, -0.2) is 18.1 Å². The summed E-state index contributed by atoms with van der Waals surface area (Å²) in [5.41, 5.74) is 0. The third-order valence-electron chi connectivity index (χ3n) is 3.43. The number of rotatable bonds is 7. The number of hydrogen-bond acceptors (Lipinski definition) is 2. The summed E-state index contributed by atoms with van der Waals surface area (Å²) in [6, 6.07) is 9.67. The van der Waals surface area contributed by atoms with Crippen LogP contribution in [0.25, 0.3) is 0 Å². The van der Waals surface area contributed by atoms with Gasteiger partial charge in [-0.3, -0.25) is 4.79 Å². The Morgan fingerprint density at radius 2 is 1.65 bits per heavy atom. The third-order valence-corrected chi connectivity index (χ3v) is 3.43. The van der Waals surface area contributed by atoms with Gasteiger partial charge in [-0.15, -0.1) is 0 Å². The first-order chi connectivity index (χ1) is 9.45. The first-order valence-corrected chi connectivity index (χ1v) is 7.47. The van der Waals surface area contributed by atoms with E-state index in [1.54, 1.807) is 0 Å². The van der Waals surface area contributed by atoms with E-state index in [2.05, 4.69) is 33.0 Å².